The van der Waals surface area contributed by atoms with Crippen molar-refractivity contribution in [1.29, 1.82) is 5.26 Å². The molecule has 0 spiro atoms. The van der Waals surface area contributed by atoms with Gasteiger partial charge in [0.1, 0.15) is 5.75 Å². The molecule has 0 aliphatic carbocycles. The van der Waals surface area contributed by atoms with Gasteiger partial charge in [-0.25, -0.2) is 0 Å². The summed E-state index contributed by atoms with van der Waals surface area (Å²) >= 11 is 0. The molecule has 5 heteroatoms. The molecule has 118 valence electrons. The molecule has 1 amide bonds. The van der Waals surface area contributed by atoms with Crippen LogP contribution in [0.25, 0.3) is 0 Å². The molecule has 0 aliphatic rings. The lowest BCUT2D eigenvalue weighted by molar-refractivity contribution is 0.0916. The average molecular weight is 310 g/mol. The highest BCUT2D eigenvalue weighted by Gasteiger charge is 2.12. The van der Waals surface area contributed by atoms with Crippen LogP contribution < -0.4 is 10.1 Å². The third-order valence-electron chi connectivity index (χ3n) is 3.41. The minimum Gasteiger partial charge on any atom is -0.497 e. The van der Waals surface area contributed by atoms with Crippen molar-refractivity contribution >= 4 is 5.91 Å². The molecular formula is C18H18N2O3. The zero-order valence-electron chi connectivity index (χ0n) is 12.8. The van der Waals surface area contributed by atoms with Gasteiger partial charge in [-0.3, -0.25) is 4.79 Å². The Morgan fingerprint density at radius 2 is 2.09 bits per heavy atom. The lowest BCUT2D eigenvalue weighted by Crippen LogP contribution is -2.28. The zero-order chi connectivity index (χ0) is 16.7. The van der Waals surface area contributed by atoms with Crippen LogP contribution in [0, 0.1) is 11.3 Å². The minimum atomic E-state index is -0.823. The molecule has 1 atom stereocenters. The van der Waals surface area contributed by atoms with Crippen LogP contribution in [0.3, 0.4) is 0 Å². The number of nitrogens with one attached hydrogen (secondary N) is 1. The Bertz CT molecular complexity index is 722. The van der Waals surface area contributed by atoms with E-state index in [1.54, 1.807) is 55.6 Å². The van der Waals surface area contributed by atoms with E-state index in [-0.39, 0.29) is 18.9 Å². The molecule has 0 aliphatic heterocycles. The molecule has 0 bridgehead atoms. The van der Waals surface area contributed by atoms with Crippen molar-refractivity contribution < 1.29 is 14.6 Å². The first kappa shape index (κ1) is 16.5. The number of methoxy groups -OCH3 is 1. The van der Waals surface area contributed by atoms with Gasteiger partial charge in [-0.2, -0.15) is 5.26 Å². The quantitative estimate of drug-likeness (QED) is 0.857. The molecule has 5 nitrogen and oxygen atoms in total. The molecule has 0 fully saturated rings. The van der Waals surface area contributed by atoms with E-state index >= 15 is 0 Å². The predicted molar refractivity (Wildman–Crippen MR) is 86.0 cm³/mol. The van der Waals surface area contributed by atoms with E-state index in [0.29, 0.717) is 16.9 Å². The molecule has 0 radical (unpaired) electrons. The number of nitriles is 1. The summed E-state index contributed by atoms with van der Waals surface area (Å²) in [6.45, 7) is 0.0917. The Hall–Kier alpha value is -2.84. The lowest BCUT2D eigenvalue weighted by atomic mass is 10.1. The molecule has 2 N–H and O–H groups in total. The second-order valence-electron chi connectivity index (χ2n) is 5.04. The second kappa shape index (κ2) is 7.97. The number of carbonyl (C=O) groups is 1. The van der Waals surface area contributed by atoms with E-state index in [2.05, 4.69) is 5.32 Å². The summed E-state index contributed by atoms with van der Waals surface area (Å²) in [5, 5.41) is 21.6. The number of hydrogen-bond donors (Lipinski definition) is 2. The number of hydrogen-bond acceptors (Lipinski definition) is 4. The Kier molecular flexibility index (Phi) is 5.73. The molecule has 0 saturated heterocycles. The van der Waals surface area contributed by atoms with Crippen molar-refractivity contribution in [3.63, 3.8) is 0 Å². The summed E-state index contributed by atoms with van der Waals surface area (Å²) in [5.74, 6) is 0.365. The summed E-state index contributed by atoms with van der Waals surface area (Å²) in [4.78, 5) is 12.1. The van der Waals surface area contributed by atoms with Crippen LogP contribution in [0.1, 0.15) is 27.6 Å². The summed E-state index contributed by atoms with van der Waals surface area (Å²) in [6.07, 6.45) is -0.565. The van der Waals surface area contributed by atoms with Crippen molar-refractivity contribution in [3.05, 3.63) is 65.2 Å². The number of carbonyl (C=O) groups excluding carboxylic acids is 1. The van der Waals surface area contributed by atoms with Gasteiger partial charge < -0.3 is 15.2 Å². The normalized spacial score (nSPS) is 11.3. The van der Waals surface area contributed by atoms with E-state index in [4.69, 9.17) is 10.00 Å². The van der Waals surface area contributed by atoms with Crippen LogP contribution >= 0.6 is 0 Å². The maximum Gasteiger partial charge on any atom is 0.251 e. The largest absolute Gasteiger partial charge is 0.497 e. The van der Waals surface area contributed by atoms with Gasteiger partial charge in [-0.15, -0.1) is 0 Å². The highest BCUT2D eigenvalue weighted by molar-refractivity contribution is 5.94. The first-order valence-electron chi connectivity index (χ1n) is 7.20. The molecule has 0 heterocycles. The van der Waals surface area contributed by atoms with Crippen molar-refractivity contribution in [2.45, 2.75) is 12.5 Å². The third-order valence-corrected chi connectivity index (χ3v) is 3.41. The van der Waals surface area contributed by atoms with Crippen LogP contribution in [0.2, 0.25) is 0 Å². The number of aliphatic hydroxyl groups is 1. The molecule has 23 heavy (non-hydrogen) atoms. The molecule has 2 aromatic rings. The van der Waals surface area contributed by atoms with Gasteiger partial charge in [0.2, 0.25) is 0 Å². The summed E-state index contributed by atoms with van der Waals surface area (Å²) < 4.78 is 5.11. The van der Waals surface area contributed by atoms with Gasteiger partial charge in [0, 0.05) is 12.1 Å². The van der Waals surface area contributed by atoms with Gasteiger partial charge in [0.05, 0.1) is 25.7 Å². The maximum absolute atomic E-state index is 12.1. The third kappa shape index (κ3) is 4.56. The van der Waals surface area contributed by atoms with Gasteiger partial charge in [-0.1, -0.05) is 24.3 Å². The maximum atomic E-state index is 12.1. The number of ether oxygens (including phenoxy) is 1. The van der Waals surface area contributed by atoms with Crippen LogP contribution in [-0.2, 0) is 6.42 Å². The molecule has 0 saturated carbocycles. The van der Waals surface area contributed by atoms with Gasteiger partial charge in [0.25, 0.3) is 5.91 Å². The summed E-state index contributed by atoms with van der Waals surface area (Å²) in [7, 11) is 1.56. The Morgan fingerprint density at radius 3 is 2.83 bits per heavy atom. The van der Waals surface area contributed by atoms with E-state index in [1.165, 1.54) is 0 Å². The van der Waals surface area contributed by atoms with Crippen LogP contribution in [0.4, 0.5) is 0 Å². The first-order valence-corrected chi connectivity index (χ1v) is 7.20. The Balaban J connectivity index is 1.98. The number of aliphatic hydroxyl groups excluding tert-OH is 1. The highest BCUT2D eigenvalue weighted by atomic mass is 16.5. The van der Waals surface area contributed by atoms with E-state index in [0.717, 1.165) is 5.56 Å². The standard InChI is InChI=1S/C18H18N2O3/c1-23-16-7-3-5-14(11-16)17(21)12-20-18(22)15-6-2-4-13(10-15)8-9-19/h2-7,10-11,17,21H,8,12H2,1H3,(H,20,22)/t17-/m1/s1. The number of rotatable bonds is 6. The predicted octanol–water partition coefficient (Wildman–Crippen LogP) is 2.22. The number of benzene rings is 2. The Labute approximate surface area is 135 Å². The fourth-order valence-corrected chi connectivity index (χ4v) is 2.17. The smallest absolute Gasteiger partial charge is 0.251 e. The van der Waals surface area contributed by atoms with Crippen LogP contribution in [-0.4, -0.2) is 24.7 Å². The fraction of sp³-hybridized carbons (Fsp3) is 0.222. The highest BCUT2D eigenvalue weighted by Crippen LogP contribution is 2.18. The van der Waals surface area contributed by atoms with Gasteiger partial charge in [-0.05, 0) is 35.4 Å². The van der Waals surface area contributed by atoms with Crippen molar-refractivity contribution in [2.75, 3.05) is 13.7 Å². The number of amides is 1. The van der Waals surface area contributed by atoms with Gasteiger partial charge in [0.15, 0.2) is 0 Å². The van der Waals surface area contributed by atoms with Gasteiger partial charge >= 0.3 is 0 Å². The van der Waals surface area contributed by atoms with Crippen LogP contribution in [0.15, 0.2) is 48.5 Å². The monoisotopic (exact) mass is 310 g/mol. The SMILES string of the molecule is COc1cccc([C@H](O)CNC(=O)c2cccc(CC#N)c2)c1. The summed E-state index contributed by atoms with van der Waals surface area (Å²) in [6, 6.07) is 16.0. The molecule has 2 aromatic carbocycles. The van der Waals surface area contributed by atoms with E-state index < -0.39 is 6.10 Å². The van der Waals surface area contributed by atoms with E-state index in [9.17, 15) is 9.90 Å². The zero-order valence-corrected chi connectivity index (χ0v) is 12.8. The lowest BCUT2D eigenvalue weighted by Gasteiger charge is -2.13. The average Bonchev–Trinajstić information content (AvgIpc) is 2.60. The van der Waals surface area contributed by atoms with Crippen molar-refractivity contribution in [2.24, 2.45) is 0 Å². The molecule has 0 aromatic heterocycles. The summed E-state index contributed by atoms with van der Waals surface area (Å²) in [5.41, 5.74) is 1.92. The first-order chi connectivity index (χ1) is 11.1. The fourth-order valence-electron chi connectivity index (χ4n) is 2.17. The van der Waals surface area contributed by atoms with Crippen molar-refractivity contribution in [1.82, 2.24) is 5.32 Å². The Morgan fingerprint density at radius 1 is 1.30 bits per heavy atom. The molecule has 2 rings (SSSR count). The minimum absolute atomic E-state index is 0.0917. The molecule has 0 unspecified atom stereocenters. The topological polar surface area (TPSA) is 82.3 Å². The van der Waals surface area contributed by atoms with E-state index in [1.807, 2.05) is 6.07 Å². The van der Waals surface area contributed by atoms with Crippen molar-refractivity contribution in [3.8, 4) is 11.8 Å². The number of nitrogens with zero attached hydrogens (tertiary/aromatic N) is 1. The van der Waals surface area contributed by atoms with Crippen LogP contribution in [0.5, 0.6) is 5.75 Å². The second-order valence-corrected chi connectivity index (χ2v) is 5.04. The molecular weight excluding hydrogens is 292 g/mol.